The van der Waals surface area contributed by atoms with E-state index in [9.17, 15) is 10.2 Å². The first-order valence-corrected chi connectivity index (χ1v) is 4.97. The number of rotatable bonds is 1. The number of aliphatic hydroxyl groups excluding tert-OH is 1. The van der Waals surface area contributed by atoms with Crippen LogP contribution in [0.1, 0.15) is 12.0 Å². The molecule has 16 heavy (non-hydrogen) atoms. The van der Waals surface area contributed by atoms with Gasteiger partial charge in [0.15, 0.2) is 0 Å². The summed E-state index contributed by atoms with van der Waals surface area (Å²) in [5, 5.41) is 19.5. The molecule has 0 heterocycles. The van der Waals surface area contributed by atoms with E-state index >= 15 is 0 Å². The Morgan fingerprint density at radius 2 is 1.81 bits per heavy atom. The number of phenolic OH excluding ortho intramolecular Hbond substituents is 1. The van der Waals surface area contributed by atoms with Gasteiger partial charge in [0.2, 0.25) is 0 Å². The van der Waals surface area contributed by atoms with Crippen molar-refractivity contribution in [2.24, 2.45) is 11.5 Å². The van der Waals surface area contributed by atoms with Gasteiger partial charge in [-0.25, -0.2) is 0 Å². The topological polar surface area (TPSA) is 92.5 Å². The third kappa shape index (κ3) is 1.93. The zero-order chi connectivity index (χ0) is 11.8. The minimum Gasteiger partial charge on any atom is -0.512 e. The molecule has 0 aliphatic heterocycles. The number of benzene rings is 1. The molecule has 84 valence electrons. The summed E-state index contributed by atoms with van der Waals surface area (Å²) in [4.78, 5) is 0. The summed E-state index contributed by atoms with van der Waals surface area (Å²) >= 11 is 0. The SMILES string of the molecule is NC1(N)C=CC(c2ccccc2O)=C(O)C1. The van der Waals surface area contributed by atoms with Crippen molar-refractivity contribution in [3.63, 3.8) is 0 Å². The molecule has 0 aromatic heterocycles. The predicted molar refractivity (Wildman–Crippen MR) is 62.5 cm³/mol. The van der Waals surface area contributed by atoms with E-state index in [0.29, 0.717) is 11.1 Å². The number of aliphatic hydroxyl groups is 1. The molecule has 0 radical (unpaired) electrons. The summed E-state index contributed by atoms with van der Waals surface area (Å²) in [5.41, 5.74) is 11.5. The lowest BCUT2D eigenvalue weighted by molar-refractivity contribution is 0.351. The van der Waals surface area contributed by atoms with E-state index in [1.165, 1.54) is 0 Å². The molecule has 0 amide bonds. The van der Waals surface area contributed by atoms with Crippen LogP contribution in [0.25, 0.3) is 5.57 Å². The van der Waals surface area contributed by atoms with Crippen molar-refractivity contribution in [1.29, 1.82) is 0 Å². The zero-order valence-corrected chi connectivity index (χ0v) is 8.72. The third-order valence-corrected chi connectivity index (χ3v) is 2.54. The Morgan fingerprint density at radius 3 is 2.44 bits per heavy atom. The molecule has 0 saturated heterocycles. The summed E-state index contributed by atoms with van der Waals surface area (Å²) in [6, 6.07) is 6.80. The summed E-state index contributed by atoms with van der Waals surface area (Å²) < 4.78 is 0. The van der Waals surface area contributed by atoms with Gasteiger partial charge in [-0.1, -0.05) is 24.3 Å². The summed E-state index contributed by atoms with van der Waals surface area (Å²) in [6.45, 7) is 0. The number of hydrogen-bond acceptors (Lipinski definition) is 4. The van der Waals surface area contributed by atoms with Crippen LogP contribution in [0, 0.1) is 0 Å². The van der Waals surface area contributed by atoms with E-state index in [0.717, 1.165) is 0 Å². The summed E-state index contributed by atoms with van der Waals surface area (Å²) in [5.74, 6) is 0.212. The molecule has 0 atom stereocenters. The van der Waals surface area contributed by atoms with Gasteiger partial charge < -0.3 is 21.7 Å². The summed E-state index contributed by atoms with van der Waals surface area (Å²) in [7, 11) is 0. The first kappa shape index (κ1) is 10.7. The Kier molecular flexibility index (Phi) is 2.46. The molecule has 0 unspecified atom stereocenters. The van der Waals surface area contributed by atoms with Crippen LogP contribution in [-0.4, -0.2) is 15.9 Å². The molecule has 6 N–H and O–H groups in total. The predicted octanol–water partition coefficient (Wildman–Crippen LogP) is 1.23. The highest BCUT2D eigenvalue weighted by Crippen LogP contribution is 2.32. The smallest absolute Gasteiger partial charge is 0.123 e. The number of allylic oxidation sites excluding steroid dienone is 2. The fraction of sp³-hybridized carbons (Fsp3) is 0.167. The zero-order valence-electron chi connectivity index (χ0n) is 8.72. The van der Waals surface area contributed by atoms with Crippen molar-refractivity contribution in [3.05, 3.63) is 47.7 Å². The van der Waals surface area contributed by atoms with Crippen molar-refractivity contribution in [3.8, 4) is 5.75 Å². The molecule has 2 rings (SSSR count). The second kappa shape index (κ2) is 3.66. The molecule has 4 nitrogen and oxygen atoms in total. The first-order valence-electron chi connectivity index (χ1n) is 4.97. The molecule has 1 aliphatic rings. The molecule has 0 bridgehead atoms. The van der Waals surface area contributed by atoms with Gasteiger partial charge in [0.25, 0.3) is 0 Å². The van der Waals surface area contributed by atoms with Crippen LogP contribution in [0.4, 0.5) is 0 Å². The quantitative estimate of drug-likeness (QED) is 0.533. The normalized spacial score (nSPS) is 18.9. The van der Waals surface area contributed by atoms with E-state index < -0.39 is 5.66 Å². The number of aromatic hydroxyl groups is 1. The van der Waals surface area contributed by atoms with Crippen molar-refractivity contribution in [2.45, 2.75) is 12.1 Å². The Balaban J connectivity index is 2.45. The van der Waals surface area contributed by atoms with Crippen LogP contribution in [0.5, 0.6) is 5.75 Å². The molecular formula is C12H14N2O2. The highest BCUT2D eigenvalue weighted by atomic mass is 16.3. The fourth-order valence-corrected chi connectivity index (χ4v) is 1.73. The van der Waals surface area contributed by atoms with Gasteiger partial charge in [-0.2, -0.15) is 0 Å². The van der Waals surface area contributed by atoms with Gasteiger partial charge in [-0.15, -0.1) is 0 Å². The number of nitrogens with two attached hydrogens (primary N) is 2. The van der Waals surface area contributed by atoms with Crippen LogP contribution in [0.3, 0.4) is 0 Å². The Labute approximate surface area is 93.5 Å². The number of para-hydroxylation sites is 1. The van der Waals surface area contributed by atoms with E-state index in [1.807, 2.05) is 0 Å². The molecular weight excluding hydrogens is 204 g/mol. The van der Waals surface area contributed by atoms with Gasteiger partial charge in [-0.05, 0) is 12.1 Å². The summed E-state index contributed by atoms with van der Waals surface area (Å²) in [6.07, 6.45) is 3.41. The molecule has 4 heteroatoms. The molecule has 1 aromatic carbocycles. The molecule has 0 fully saturated rings. The minimum atomic E-state index is -1.02. The molecule has 1 aromatic rings. The second-order valence-corrected chi connectivity index (χ2v) is 4.00. The van der Waals surface area contributed by atoms with Crippen LogP contribution >= 0.6 is 0 Å². The standard InChI is InChI=1S/C12H14N2O2/c13-12(14)6-5-9(11(16)7-12)8-3-1-2-4-10(8)15/h1-6,15-16H,7,13-14H2. The highest BCUT2D eigenvalue weighted by molar-refractivity contribution is 5.80. The Bertz CT molecular complexity index is 476. The van der Waals surface area contributed by atoms with E-state index in [4.69, 9.17) is 11.5 Å². The second-order valence-electron chi connectivity index (χ2n) is 4.00. The maximum atomic E-state index is 9.84. The largest absolute Gasteiger partial charge is 0.512 e. The monoisotopic (exact) mass is 218 g/mol. The van der Waals surface area contributed by atoms with Gasteiger partial charge in [0, 0.05) is 17.6 Å². The third-order valence-electron chi connectivity index (χ3n) is 2.54. The molecule has 0 spiro atoms. The van der Waals surface area contributed by atoms with Gasteiger partial charge in [0.05, 0.1) is 5.66 Å². The van der Waals surface area contributed by atoms with Gasteiger partial charge in [0.1, 0.15) is 11.5 Å². The van der Waals surface area contributed by atoms with Crippen LogP contribution < -0.4 is 11.5 Å². The van der Waals surface area contributed by atoms with Gasteiger partial charge in [-0.3, -0.25) is 0 Å². The minimum absolute atomic E-state index is 0.0917. The average molecular weight is 218 g/mol. The maximum absolute atomic E-state index is 9.84. The lowest BCUT2D eigenvalue weighted by Crippen LogP contribution is -2.48. The molecule has 1 aliphatic carbocycles. The van der Waals surface area contributed by atoms with Gasteiger partial charge >= 0.3 is 0 Å². The van der Waals surface area contributed by atoms with E-state index in [1.54, 1.807) is 36.4 Å². The maximum Gasteiger partial charge on any atom is 0.123 e. The lowest BCUT2D eigenvalue weighted by atomic mass is 9.92. The van der Waals surface area contributed by atoms with Crippen LogP contribution in [0.2, 0.25) is 0 Å². The van der Waals surface area contributed by atoms with Crippen molar-refractivity contribution < 1.29 is 10.2 Å². The number of phenols is 1. The Morgan fingerprint density at radius 1 is 1.12 bits per heavy atom. The van der Waals surface area contributed by atoms with E-state index in [-0.39, 0.29) is 17.9 Å². The van der Waals surface area contributed by atoms with Crippen molar-refractivity contribution >= 4 is 5.57 Å². The fourth-order valence-electron chi connectivity index (χ4n) is 1.73. The van der Waals surface area contributed by atoms with Crippen LogP contribution in [-0.2, 0) is 0 Å². The highest BCUT2D eigenvalue weighted by Gasteiger charge is 2.24. The average Bonchev–Trinajstić information content (AvgIpc) is 2.18. The van der Waals surface area contributed by atoms with Crippen molar-refractivity contribution in [2.75, 3.05) is 0 Å². The van der Waals surface area contributed by atoms with Crippen molar-refractivity contribution in [1.82, 2.24) is 0 Å². The van der Waals surface area contributed by atoms with E-state index in [2.05, 4.69) is 0 Å². The lowest BCUT2D eigenvalue weighted by Gasteiger charge is -2.25. The van der Waals surface area contributed by atoms with Crippen LogP contribution in [0.15, 0.2) is 42.2 Å². The number of hydrogen-bond donors (Lipinski definition) is 4. The Hall–Kier alpha value is -1.78. The molecule has 0 saturated carbocycles. The first-order chi connectivity index (χ1) is 7.49.